The quantitative estimate of drug-likeness (QED) is 0.769. The molecule has 2 heterocycles. The second-order valence-electron chi connectivity index (χ2n) is 4.84. The SMILES string of the molecule is CC(C)NC(=O)CN(C)c1nc(N)nc(-n2ccnc2)n1. The van der Waals surface area contributed by atoms with E-state index in [2.05, 4.69) is 25.3 Å². The van der Waals surface area contributed by atoms with Gasteiger partial charge in [-0.15, -0.1) is 0 Å². The second kappa shape index (κ2) is 6.16. The van der Waals surface area contributed by atoms with E-state index >= 15 is 0 Å². The van der Waals surface area contributed by atoms with Crippen molar-refractivity contribution >= 4 is 17.8 Å². The number of carbonyl (C=O) groups excluding carboxylic acids is 1. The summed E-state index contributed by atoms with van der Waals surface area (Å²) in [6, 6.07) is 0.0795. The molecule has 9 heteroatoms. The Balaban J connectivity index is 2.18. The second-order valence-corrected chi connectivity index (χ2v) is 4.84. The van der Waals surface area contributed by atoms with E-state index in [0.717, 1.165) is 0 Å². The minimum absolute atomic E-state index is 0.0795. The third-order valence-corrected chi connectivity index (χ3v) is 2.54. The van der Waals surface area contributed by atoms with E-state index in [4.69, 9.17) is 5.73 Å². The van der Waals surface area contributed by atoms with Crippen molar-refractivity contribution in [3.05, 3.63) is 18.7 Å². The summed E-state index contributed by atoms with van der Waals surface area (Å²) in [5.41, 5.74) is 5.69. The van der Waals surface area contributed by atoms with E-state index in [1.165, 1.54) is 0 Å². The standard InChI is InChI=1S/C12H18N8O/c1-8(2)15-9(21)6-19(3)11-16-10(13)17-12(18-11)20-5-4-14-7-20/h4-5,7-8H,6H2,1-3H3,(H,15,21)(H2,13,16,17,18). The number of likely N-dealkylation sites (N-methyl/N-ethyl adjacent to an activating group) is 1. The zero-order valence-electron chi connectivity index (χ0n) is 12.2. The average molecular weight is 290 g/mol. The predicted octanol–water partition coefficient (Wildman–Crippen LogP) is -0.400. The fourth-order valence-electron chi connectivity index (χ4n) is 1.69. The molecule has 0 saturated carbocycles. The molecule has 0 spiro atoms. The van der Waals surface area contributed by atoms with Crippen molar-refractivity contribution in [1.29, 1.82) is 0 Å². The first-order chi connectivity index (χ1) is 9.95. The number of rotatable bonds is 5. The molecule has 0 radical (unpaired) electrons. The molecule has 2 aromatic rings. The Hall–Kier alpha value is -2.71. The van der Waals surface area contributed by atoms with Gasteiger partial charge >= 0.3 is 0 Å². The Bertz CT molecular complexity index is 610. The number of nitrogen functional groups attached to an aromatic ring is 1. The van der Waals surface area contributed by atoms with Crippen molar-refractivity contribution in [2.24, 2.45) is 0 Å². The van der Waals surface area contributed by atoms with Gasteiger partial charge in [0, 0.05) is 25.5 Å². The fraction of sp³-hybridized carbons (Fsp3) is 0.417. The largest absolute Gasteiger partial charge is 0.368 e. The number of aromatic nitrogens is 5. The summed E-state index contributed by atoms with van der Waals surface area (Å²) in [4.78, 5) is 29.7. The van der Waals surface area contributed by atoms with E-state index in [-0.39, 0.29) is 24.4 Å². The van der Waals surface area contributed by atoms with Crippen molar-refractivity contribution in [1.82, 2.24) is 29.8 Å². The van der Waals surface area contributed by atoms with Crippen LogP contribution in [0.5, 0.6) is 0 Å². The fourth-order valence-corrected chi connectivity index (χ4v) is 1.69. The molecule has 3 N–H and O–H groups in total. The molecule has 0 aliphatic rings. The van der Waals surface area contributed by atoms with Gasteiger partial charge in [-0.2, -0.15) is 15.0 Å². The zero-order valence-corrected chi connectivity index (χ0v) is 12.2. The van der Waals surface area contributed by atoms with Gasteiger partial charge in [0.2, 0.25) is 23.8 Å². The number of nitrogens with zero attached hydrogens (tertiary/aromatic N) is 6. The van der Waals surface area contributed by atoms with Gasteiger partial charge < -0.3 is 16.0 Å². The van der Waals surface area contributed by atoms with Crippen LogP contribution < -0.4 is 16.0 Å². The van der Waals surface area contributed by atoms with E-state index in [0.29, 0.717) is 11.9 Å². The lowest BCUT2D eigenvalue weighted by atomic mass is 10.4. The van der Waals surface area contributed by atoms with Gasteiger partial charge in [0.05, 0.1) is 6.54 Å². The molecule has 112 valence electrons. The van der Waals surface area contributed by atoms with Crippen molar-refractivity contribution in [2.75, 3.05) is 24.2 Å². The van der Waals surface area contributed by atoms with Crippen LogP contribution in [0.4, 0.5) is 11.9 Å². The number of hydrogen-bond acceptors (Lipinski definition) is 7. The molecule has 9 nitrogen and oxygen atoms in total. The smallest absolute Gasteiger partial charge is 0.241 e. The predicted molar refractivity (Wildman–Crippen MR) is 77.9 cm³/mol. The van der Waals surface area contributed by atoms with Crippen LogP contribution in [-0.2, 0) is 4.79 Å². The van der Waals surface area contributed by atoms with Crippen molar-refractivity contribution in [2.45, 2.75) is 19.9 Å². The summed E-state index contributed by atoms with van der Waals surface area (Å²) >= 11 is 0. The number of carbonyl (C=O) groups is 1. The third-order valence-electron chi connectivity index (χ3n) is 2.54. The van der Waals surface area contributed by atoms with Gasteiger partial charge in [-0.1, -0.05) is 0 Å². The van der Waals surface area contributed by atoms with E-state index in [9.17, 15) is 4.79 Å². The summed E-state index contributed by atoms with van der Waals surface area (Å²) in [5.74, 6) is 0.645. The molecular weight excluding hydrogens is 272 g/mol. The minimum Gasteiger partial charge on any atom is -0.368 e. The highest BCUT2D eigenvalue weighted by molar-refractivity contribution is 5.80. The van der Waals surface area contributed by atoms with E-state index in [1.54, 1.807) is 35.2 Å². The van der Waals surface area contributed by atoms with Crippen LogP contribution >= 0.6 is 0 Å². The van der Waals surface area contributed by atoms with Crippen LogP contribution in [0.15, 0.2) is 18.7 Å². The lowest BCUT2D eigenvalue weighted by Gasteiger charge is -2.18. The van der Waals surface area contributed by atoms with Crippen molar-refractivity contribution in [3.63, 3.8) is 0 Å². The zero-order chi connectivity index (χ0) is 15.4. The lowest BCUT2D eigenvalue weighted by molar-refractivity contribution is -0.120. The molecule has 0 fully saturated rings. The first kappa shape index (κ1) is 14.7. The first-order valence-electron chi connectivity index (χ1n) is 6.46. The molecule has 2 rings (SSSR count). The number of amides is 1. The maximum absolute atomic E-state index is 11.8. The van der Waals surface area contributed by atoms with Gasteiger partial charge in [-0.05, 0) is 13.8 Å². The Labute approximate surface area is 122 Å². The number of imidazole rings is 1. The highest BCUT2D eigenvalue weighted by atomic mass is 16.2. The Kier molecular flexibility index (Phi) is 4.31. The van der Waals surface area contributed by atoms with Crippen molar-refractivity contribution < 1.29 is 4.79 Å². The number of hydrogen-bond donors (Lipinski definition) is 2. The van der Waals surface area contributed by atoms with Crippen LogP contribution in [-0.4, -0.2) is 50.0 Å². The Morgan fingerprint density at radius 1 is 1.43 bits per heavy atom. The molecule has 0 aliphatic heterocycles. The summed E-state index contributed by atoms with van der Waals surface area (Å²) in [7, 11) is 1.71. The van der Waals surface area contributed by atoms with Gasteiger partial charge in [0.15, 0.2) is 0 Å². The van der Waals surface area contributed by atoms with E-state index in [1.807, 2.05) is 13.8 Å². The summed E-state index contributed by atoms with van der Waals surface area (Å²) in [6.45, 7) is 3.93. The third kappa shape index (κ3) is 3.88. The maximum atomic E-state index is 11.8. The Morgan fingerprint density at radius 3 is 2.81 bits per heavy atom. The molecule has 0 saturated heterocycles. The lowest BCUT2D eigenvalue weighted by Crippen LogP contribution is -2.39. The van der Waals surface area contributed by atoms with Crippen molar-refractivity contribution in [3.8, 4) is 5.95 Å². The maximum Gasteiger partial charge on any atom is 0.241 e. The molecule has 21 heavy (non-hydrogen) atoms. The van der Waals surface area contributed by atoms with Gasteiger partial charge in [0.1, 0.15) is 6.33 Å². The molecule has 0 aliphatic carbocycles. The summed E-state index contributed by atoms with van der Waals surface area (Å²) in [5, 5.41) is 2.80. The Morgan fingerprint density at radius 2 is 2.19 bits per heavy atom. The topological polar surface area (TPSA) is 115 Å². The number of nitrogens with one attached hydrogen (secondary N) is 1. The molecule has 1 amide bonds. The highest BCUT2D eigenvalue weighted by Crippen LogP contribution is 2.10. The molecule has 0 unspecified atom stereocenters. The number of anilines is 2. The molecule has 0 aromatic carbocycles. The van der Waals surface area contributed by atoms with Crippen LogP contribution in [0.1, 0.15) is 13.8 Å². The van der Waals surface area contributed by atoms with E-state index < -0.39 is 0 Å². The van der Waals surface area contributed by atoms with Crippen LogP contribution in [0, 0.1) is 0 Å². The van der Waals surface area contributed by atoms with Gasteiger partial charge in [-0.25, -0.2) is 4.98 Å². The van der Waals surface area contributed by atoms with Crippen LogP contribution in [0.2, 0.25) is 0 Å². The molecule has 0 bridgehead atoms. The summed E-state index contributed by atoms with van der Waals surface area (Å²) in [6.07, 6.45) is 4.87. The molecular formula is C12H18N8O. The van der Waals surface area contributed by atoms with Crippen LogP contribution in [0.25, 0.3) is 5.95 Å². The highest BCUT2D eigenvalue weighted by Gasteiger charge is 2.13. The normalized spacial score (nSPS) is 10.7. The molecule has 0 atom stereocenters. The monoisotopic (exact) mass is 290 g/mol. The van der Waals surface area contributed by atoms with Gasteiger partial charge in [0.25, 0.3) is 0 Å². The van der Waals surface area contributed by atoms with Crippen LogP contribution in [0.3, 0.4) is 0 Å². The average Bonchev–Trinajstić information content (AvgIpc) is 2.90. The number of nitrogens with two attached hydrogens (primary N) is 1. The summed E-state index contributed by atoms with van der Waals surface area (Å²) < 4.78 is 1.61. The molecule has 2 aromatic heterocycles. The minimum atomic E-state index is -0.115. The van der Waals surface area contributed by atoms with Gasteiger partial charge in [-0.3, -0.25) is 9.36 Å². The first-order valence-corrected chi connectivity index (χ1v) is 6.46.